The van der Waals surface area contributed by atoms with Gasteiger partial charge in [0.05, 0.1) is 29.6 Å². The highest BCUT2D eigenvalue weighted by molar-refractivity contribution is 6.13. The van der Waals surface area contributed by atoms with E-state index in [1.54, 1.807) is 6.92 Å². The number of carbonyl (C=O) groups is 4. The van der Waals surface area contributed by atoms with E-state index >= 15 is 0 Å². The zero-order valence-corrected chi connectivity index (χ0v) is 23.4. The fourth-order valence-corrected chi connectivity index (χ4v) is 10.1. The number of ether oxygens (including phenoxy) is 4. The van der Waals surface area contributed by atoms with Crippen LogP contribution in [-0.4, -0.2) is 97.0 Å². The maximum Gasteiger partial charge on any atom is 0.334 e. The zero-order chi connectivity index (χ0) is 29.7. The summed E-state index contributed by atoms with van der Waals surface area (Å²) in [6.45, 7) is 5.51. The van der Waals surface area contributed by atoms with Crippen LogP contribution in [0.1, 0.15) is 59.8 Å². The zero-order valence-electron chi connectivity index (χ0n) is 23.4. The number of esters is 2. The highest BCUT2D eigenvalue weighted by Gasteiger charge is 2.83. The van der Waals surface area contributed by atoms with Crippen molar-refractivity contribution in [2.24, 2.45) is 29.1 Å². The van der Waals surface area contributed by atoms with Crippen LogP contribution in [0.25, 0.3) is 0 Å². The van der Waals surface area contributed by atoms with Crippen molar-refractivity contribution < 1.29 is 58.6 Å². The first-order chi connectivity index (χ1) is 19.0. The lowest BCUT2D eigenvalue weighted by molar-refractivity contribution is -0.298. The van der Waals surface area contributed by atoms with Crippen LogP contribution in [0.15, 0.2) is 11.6 Å². The Kier molecular flexibility index (Phi) is 5.27. The number of carbonyl (C=O) groups excluding carboxylic acids is 4. The van der Waals surface area contributed by atoms with Crippen LogP contribution in [0, 0.1) is 29.1 Å². The van der Waals surface area contributed by atoms with E-state index in [0.717, 1.165) is 0 Å². The molecule has 13 unspecified atom stereocenters. The Morgan fingerprint density at radius 2 is 1.78 bits per heavy atom. The number of Topliss-reactive ketones (excluding diaryl/α,β-unsaturated/α-hetero) is 2. The molecule has 6 fully saturated rings. The van der Waals surface area contributed by atoms with Gasteiger partial charge < -0.3 is 39.4 Å². The molecule has 2 aliphatic carbocycles. The third kappa shape index (κ3) is 3.01. The minimum absolute atomic E-state index is 0.0594. The summed E-state index contributed by atoms with van der Waals surface area (Å²) in [4.78, 5) is 53.2. The van der Waals surface area contributed by atoms with Crippen molar-refractivity contribution in [2.75, 3.05) is 6.61 Å². The molecular weight excluding hydrogens is 540 g/mol. The molecule has 0 radical (unpaired) electrons. The quantitative estimate of drug-likeness (QED) is 0.244. The van der Waals surface area contributed by atoms with Crippen LogP contribution < -0.4 is 0 Å². The summed E-state index contributed by atoms with van der Waals surface area (Å²) in [6.07, 6.45) is -2.02. The smallest absolute Gasteiger partial charge is 0.334 e. The van der Waals surface area contributed by atoms with Crippen molar-refractivity contribution in [3.8, 4) is 0 Å². The molecule has 7 rings (SSSR count). The van der Waals surface area contributed by atoms with Gasteiger partial charge in [0, 0.05) is 42.1 Å². The average molecular weight is 577 g/mol. The minimum atomic E-state index is -2.50. The number of aliphatic hydroxyl groups excluding tert-OH is 2. The van der Waals surface area contributed by atoms with Crippen molar-refractivity contribution >= 4 is 23.5 Å². The van der Waals surface area contributed by atoms with Gasteiger partial charge >= 0.3 is 11.9 Å². The Balaban J connectivity index is 1.38. The Morgan fingerprint density at radius 3 is 2.41 bits per heavy atom. The SMILES string of the molecule is CC1=CC(C2C3C(C)(C(=O)CC45CC67OC(=O)CC6OC(C)(CO)C7CCC4C(O)C3(O)O5)C(=O)C2(C)O)OC1=O. The topological polar surface area (TPSA) is 186 Å². The number of fused-ring (bicyclic) bond motifs is 3. The average Bonchev–Trinajstić information content (AvgIpc) is 3.50. The number of cyclic esters (lactones) is 1. The summed E-state index contributed by atoms with van der Waals surface area (Å²) < 4.78 is 24.2. The molecule has 5 aliphatic heterocycles. The monoisotopic (exact) mass is 576 g/mol. The number of hydrogen-bond acceptors (Lipinski definition) is 12. The van der Waals surface area contributed by atoms with Crippen molar-refractivity contribution in [3.63, 3.8) is 0 Å². The molecule has 12 nitrogen and oxygen atoms in total. The Bertz CT molecular complexity index is 1320. The second-order valence-corrected chi connectivity index (χ2v) is 14.0. The number of rotatable bonds is 2. The van der Waals surface area contributed by atoms with Crippen LogP contribution in [0.2, 0.25) is 0 Å². The first kappa shape index (κ1) is 27.6. The van der Waals surface area contributed by atoms with Crippen LogP contribution in [0.3, 0.4) is 0 Å². The molecule has 4 N–H and O–H groups in total. The van der Waals surface area contributed by atoms with Gasteiger partial charge in [-0.15, -0.1) is 0 Å². The van der Waals surface area contributed by atoms with Crippen LogP contribution in [0.5, 0.6) is 0 Å². The van der Waals surface area contributed by atoms with Gasteiger partial charge in [-0.2, -0.15) is 0 Å². The molecular formula is C29H36O12. The van der Waals surface area contributed by atoms with E-state index < -0.39 is 106 Å². The third-order valence-electron chi connectivity index (χ3n) is 11.8. The Hall–Kier alpha value is -2.22. The summed E-state index contributed by atoms with van der Waals surface area (Å²) in [5.41, 5.74) is -7.82. The van der Waals surface area contributed by atoms with Crippen LogP contribution in [0.4, 0.5) is 0 Å². The predicted octanol–water partition coefficient (Wildman–Crippen LogP) is -0.526. The van der Waals surface area contributed by atoms with Gasteiger partial charge in [0.2, 0.25) is 0 Å². The van der Waals surface area contributed by atoms with Gasteiger partial charge in [0.1, 0.15) is 35.3 Å². The maximum absolute atomic E-state index is 14.3. The number of ketones is 2. The van der Waals surface area contributed by atoms with E-state index in [-0.39, 0.29) is 31.4 Å². The highest BCUT2D eigenvalue weighted by atomic mass is 16.7. The maximum atomic E-state index is 14.3. The van der Waals surface area contributed by atoms with Crippen molar-refractivity contribution in [3.05, 3.63) is 11.6 Å². The summed E-state index contributed by atoms with van der Waals surface area (Å²) in [6, 6.07) is 0. The lowest BCUT2D eigenvalue weighted by Crippen LogP contribution is -2.58. The lowest BCUT2D eigenvalue weighted by atomic mass is 9.61. The first-order valence-electron chi connectivity index (χ1n) is 14.3. The second kappa shape index (κ2) is 7.83. The summed E-state index contributed by atoms with van der Waals surface area (Å²) >= 11 is 0. The fourth-order valence-electron chi connectivity index (χ4n) is 10.1. The molecule has 4 saturated heterocycles. The van der Waals surface area contributed by atoms with Crippen LogP contribution >= 0.6 is 0 Å². The normalized spacial score (nSPS) is 57.3. The molecule has 0 amide bonds. The molecule has 12 heteroatoms. The molecule has 0 aromatic heterocycles. The van der Waals surface area contributed by atoms with Gasteiger partial charge in [-0.25, -0.2) is 4.79 Å². The molecule has 7 aliphatic rings. The second-order valence-electron chi connectivity index (χ2n) is 14.0. The largest absolute Gasteiger partial charge is 0.456 e. The van der Waals surface area contributed by atoms with E-state index in [9.17, 15) is 39.6 Å². The van der Waals surface area contributed by atoms with Gasteiger partial charge in [0.15, 0.2) is 11.6 Å². The molecule has 0 aromatic rings. The van der Waals surface area contributed by atoms with Crippen molar-refractivity contribution in [2.45, 2.75) is 106 Å². The predicted molar refractivity (Wildman–Crippen MR) is 133 cm³/mol. The van der Waals surface area contributed by atoms with Gasteiger partial charge in [-0.1, -0.05) is 0 Å². The van der Waals surface area contributed by atoms with Gasteiger partial charge in [-0.3, -0.25) is 14.4 Å². The number of hydrogen-bond donors (Lipinski definition) is 4. The number of aliphatic hydroxyl groups is 4. The molecule has 5 heterocycles. The standard InChI is InChI=1S/C29H36O12/c1-12-7-14(38-22(12)34)19-20-25(3,23(35)26(19,4)36)16(31)9-27-10-28-15(6-5-13(27)21(33)29(20,37)41-27)24(2,11-30)39-17(28)8-18(32)40-28/h7,13-15,17,19-21,30,33,36-37H,5-6,8-11H2,1-4H3. The van der Waals surface area contributed by atoms with E-state index in [1.807, 2.05) is 0 Å². The van der Waals surface area contributed by atoms with E-state index in [2.05, 4.69) is 0 Å². The molecule has 13 atom stereocenters. The molecule has 2 spiro atoms. The van der Waals surface area contributed by atoms with Gasteiger partial charge in [-0.05, 0) is 46.6 Å². The molecule has 2 saturated carbocycles. The highest BCUT2D eigenvalue weighted by Crippen LogP contribution is 2.69. The minimum Gasteiger partial charge on any atom is -0.456 e. The summed E-state index contributed by atoms with van der Waals surface area (Å²) in [7, 11) is 0. The van der Waals surface area contributed by atoms with E-state index in [0.29, 0.717) is 6.42 Å². The molecule has 224 valence electrons. The molecule has 2 bridgehead atoms. The molecule has 0 aromatic carbocycles. The first-order valence-corrected chi connectivity index (χ1v) is 14.3. The summed E-state index contributed by atoms with van der Waals surface area (Å²) in [5, 5.41) is 46.2. The fraction of sp³-hybridized carbons (Fsp3) is 0.793. The van der Waals surface area contributed by atoms with Crippen molar-refractivity contribution in [1.82, 2.24) is 0 Å². The lowest BCUT2D eigenvalue weighted by Gasteiger charge is -2.43. The third-order valence-corrected chi connectivity index (χ3v) is 11.8. The molecule has 41 heavy (non-hydrogen) atoms. The summed E-state index contributed by atoms with van der Waals surface area (Å²) in [5.74, 6) is -9.15. The van der Waals surface area contributed by atoms with Gasteiger partial charge in [0.25, 0.3) is 0 Å². The Morgan fingerprint density at radius 1 is 1.07 bits per heavy atom. The van der Waals surface area contributed by atoms with Crippen LogP contribution in [-0.2, 0) is 38.1 Å². The van der Waals surface area contributed by atoms with E-state index in [4.69, 9.17) is 18.9 Å². The van der Waals surface area contributed by atoms with Crippen molar-refractivity contribution in [1.29, 1.82) is 0 Å². The van der Waals surface area contributed by atoms with E-state index in [1.165, 1.54) is 26.8 Å². The Labute approximate surface area is 236 Å².